The van der Waals surface area contributed by atoms with Crippen molar-refractivity contribution in [3.05, 3.63) is 46.1 Å². The normalized spacial score (nSPS) is 22.0. The van der Waals surface area contributed by atoms with Gasteiger partial charge in [-0.3, -0.25) is 0 Å². The SMILES string of the molecule is CCC[CH2][Sn]([CH2]CCC)([CH2]CCC)[C]1=C/C=C\C=C/C=C\1. The van der Waals surface area contributed by atoms with Gasteiger partial charge in [-0.2, -0.15) is 0 Å². The molecule has 0 aliphatic heterocycles. The van der Waals surface area contributed by atoms with Crippen LogP contribution in [-0.2, 0) is 0 Å². The van der Waals surface area contributed by atoms with Crippen LogP contribution in [0.5, 0.6) is 0 Å². The van der Waals surface area contributed by atoms with Crippen molar-refractivity contribution in [2.24, 2.45) is 0 Å². The van der Waals surface area contributed by atoms with Crippen LogP contribution in [0.1, 0.15) is 59.3 Å². The Morgan fingerprint density at radius 1 is 0.667 bits per heavy atom. The van der Waals surface area contributed by atoms with E-state index in [2.05, 4.69) is 63.3 Å². The van der Waals surface area contributed by atoms with Gasteiger partial charge in [0.05, 0.1) is 0 Å². The fourth-order valence-corrected chi connectivity index (χ4v) is 19.3. The summed E-state index contributed by atoms with van der Waals surface area (Å²) in [4.78, 5) is 0. The predicted octanol–water partition coefficient (Wildman–Crippen LogP) is 6.98. The maximum atomic E-state index is 2.46. The topological polar surface area (TPSA) is 0 Å². The molecule has 0 aromatic carbocycles. The second kappa shape index (κ2) is 11.3. The molecule has 0 bridgehead atoms. The predicted molar refractivity (Wildman–Crippen MR) is 100 cm³/mol. The van der Waals surface area contributed by atoms with Crippen LogP contribution in [0.15, 0.2) is 46.1 Å². The molecule has 1 aliphatic rings. The van der Waals surface area contributed by atoms with Gasteiger partial charge in [0.1, 0.15) is 0 Å². The molecule has 0 radical (unpaired) electrons. The third kappa shape index (κ3) is 6.59. The van der Waals surface area contributed by atoms with E-state index < -0.39 is 18.4 Å². The molecule has 0 saturated carbocycles. The van der Waals surface area contributed by atoms with Crippen LogP contribution in [0.3, 0.4) is 0 Å². The van der Waals surface area contributed by atoms with Gasteiger partial charge < -0.3 is 0 Å². The van der Waals surface area contributed by atoms with Gasteiger partial charge in [0, 0.05) is 0 Å². The molecule has 21 heavy (non-hydrogen) atoms. The molecular formula is C20H34Sn. The monoisotopic (exact) mass is 394 g/mol. The number of unbranched alkanes of at least 4 members (excludes halogenated alkanes) is 3. The molecule has 1 aliphatic carbocycles. The second-order valence-electron chi connectivity index (χ2n) is 6.34. The van der Waals surface area contributed by atoms with Crippen LogP contribution in [0.25, 0.3) is 0 Å². The second-order valence-corrected chi connectivity index (χ2v) is 19.6. The van der Waals surface area contributed by atoms with Gasteiger partial charge in [-0.25, -0.2) is 0 Å². The molecule has 0 heterocycles. The van der Waals surface area contributed by atoms with E-state index in [-0.39, 0.29) is 0 Å². The van der Waals surface area contributed by atoms with E-state index in [9.17, 15) is 0 Å². The Kier molecular flexibility index (Phi) is 10.2. The molecule has 0 amide bonds. The summed E-state index contributed by atoms with van der Waals surface area (Å²) in [7, 11) is 0. The number of rotatable bonds is 10. The van der Waals surface area contributed by atoms with Crippen molar-refractivity contribution in [3.8, 4) is 0 Å². The number of hydrogen-bond acceptors (Lipinski definition) is 0. The van der Waals surface area contributed by atoms with E-state index in [1.165, 1.54) is 38.5 Å². The number of allylic oxidation sites excluding steroid dienone is 8. The zero-order valence-corrected chi connectivity index (χ0v) is 17.3. The third-order valence-electron chi connectivity index (χ3n) is 4.64. The first-order valence-electron chi connectivity index (χ1n) is 9.01. The molecular weight excluding hydrogens is 359 g/mol. The van der Waals surface area contributed by atoms with Crippen molar-refractivity contribution < 1.29 is 0 Å². The fourth-order valence-electron chi connectivity index (χ4n) is 3.27. The van der Waals surface area contributed by atoms with E-state index in [0.29, 0.717) is 0 Å². The van der Waals surface area contributed by atoms with Crippen LogP contribution >= 0.6 is 0 Å². The summed E-state index contributed by atoms with van der Waals surface area (Å²) < 4.78 is 6.43. The van der Waals surface area contributed by atoms with Gasteiger partial charge in [0.2, 0.25) is 0 Å². The first kappa shape index (κ1) is 18.8. The summed E-state index contributed by atoms with van der Waals surface area (Å²) >= 11 is -2.20. The van der Waals surface area contributed by atoms with Gasteiger partial charge >= 0.3 is 137 Å². The molecule has 0 saturated heterocycles. The van der Waals surface area contributed by atoms with Gasteiger partial charge in [-0.1, -0.05) is 0 Å². The Morgan fingerprint density at radius 3 is 1.67 bits per heavy atom. The first-order chi connectivity index (χ1) is 10.3. The van der Waals surface area contributed by atoms with E-state index in [0.717, 1.165) is 0 Å². The molecule has 1 heteroatoms. The molecule has 0 aromatic heterocycles. The summed E-state index contributed by atoms with van der Waals surface area (Å²) in [5, 5.41) is 0. The summed E-state index contributed by atoms with van der Waals surface area (Å²) in [6.45, 7) is 7.05. The molecule has 0 fully saturated rings. The van der Waals surface area contributed by atoms with E-state index in [1.54, 1.807) is 16.9 Å². The maximum absolute atomic E-state index is 2.46. The Labute approximate surface area is 137 Å². The Balaban J connectivity index is 3.04. The Bertz CT molecular complexity index is 363. The summed E-state index contributed by atoms with van der Waals surface area (Å²) in [5.74, 6) is 0. The van der Waals surface area contributed by atoms with Crippen molar-refractivity contribution in [1.82, 2.24) is 0 Å². The fraction of sp³-hybridized carbons (Fsp3) is 0.600. The average molecular weight is 393 g/mol. The molecule has 0 atom stereocenters. The van der Waals surface area contributed by atoms with Gasteiger partial charge in [-0.15, -0.1) is 0 Å². The van der Waals surface area contributed by atoms with E-state index in [1.807, 2.05) is 0 Å². The van der Waals surface area contributed by atoms with Crippen LogP contribution in [0.2, 0.25) is 13.3 Å². The van der Waals surface area contributed by atoms with E-state index >= 15 is 0 Å². The molecule has 0 unspecified atom stereocenters. The zero-order chi connectivity index (χ0) is 15.4. The van der Waals surface area contributed by atoms with Crippen LogP contribution in [-0.4, -0.2) is 18.4 Å². The van der Waals surface area contributed by atoms with Crippen molar-refractivity contribution in [3.63, 3.8) is 0 Å². The first-order valence-corrected chi connectivity index (χ1v) is 16.5. The Hall–Kier alpha value is -0.241. The van der Waals surface area contributed by atoms with Crippen LogP contribution in [0.4, 0.5) is 0 Å². The minimum atomic E-state index is -2.20. The number of hydrogen-bond donors (Lipinski definition) is 0. The van der Waals surface area contributed by atoms with Gasteiger partial charge in [0.15, 0.2) is 0 Å². The van der Waals surface area contributed by atoms with Crippen molar-refractivity contribution in [1.29, 1.82) is 0 Å². The van der Waals surface area contributed by atoms with Crippen molar-refractivity contribution >= 4 is 18.4 Å². The Morgan fingerprint density at radius 2 is 1.14 bits per heavy atom. The molecule has 0 spiro atoms. The zero-order valence-electron chi connectivity index (χ0n) is 14.4. The molecule has 0 aromatic rings. The van der Waals surface area contributed by atoms with Gasteiger partial charge in [-0.05, 0) is 0 Å². The molecule has 118 valence electrons. The minimum absolute atomic E-state index is 1.35. The third-order valence-corrected chi connectivity index (χ3v) is 20.3. The van der Waals surface area contributed by atoms with Crippen LogP contribution < -0.4 is 0 Å². The summed E-state index contributed by atoms with van der Waals surface area (Å²) in [6.07, 6.45) is 24.3. The van der Waals surface area contributed by atoms with Crippen molar-refractivity contribution in [2.75, 3.05) is 0 Å². The molecule has 0 nitrogen and oxygen atoms in total. The average Bonchev–Trinajstić information content (AvgIpc) is 2.47. The van der Waals surface area contributed by atoms with Crippen molar-refractivity contribution in [2.45, 2.75) is 72.6 Å². The summed E-state index contributed by atoms with van der Waals surface area (Å²) in [5.41, 5.74) is 0. The van der Waals surface area contributed by atoms with Gasteiger partial charge in [0.25, 0.3) is 0 Å². The quantitative estimate of drug-likeness (QED) is 0.351. The molecule has 1 rings (SSSR count). The van der Waals surface area contributed by atoms with Crippen LogP contribution in [0, 0.1) is 0 Å². The summed E-state index contributed by atoms with van der Waals surface area (Å²) in [6, 6.07) is 0. The standard InChI is InChI=1S/C8H7.3C4H9.Sn/c1-2-4-6-8-7-5-3-1;3*1-3-4-2;/h1-7H;3*1,3-4H2,2H3;/b2-1-,3-1?,4-2?,5-3-,6-4-,7-5?,8-6?,8-7?;;;;. The molecule has 0 N–H and O–H groups in total. The van der Waals surface area contributed by atoms with E-state index in [4.69, 9.17) is 0 Å².